The Kier molecular flexibility index (Phi) is 3.85. The zero-order valence-corrected chi connectivity index (χ0v) is 14.3. The molecule has 1 aromatic rings. The van der Waals surface area contributed by atoms with E-state index in [2.05, 4.69) is 10.4 Å². The third-order valence-corrected chi connectivity index (χ3v) is 6.12. The Morgan fingerprint density at radius 3 is 2.42 bits per heavy atom. The normalized spacial score (nSPS) is 33.5. The third-order valence-electron chi connectivity index (χ3n) is 6.12. The maximum absolute atomic E-state index is 12.6. The van der Waals surface area contributed by atoms with Crippen molar-refractivity contribution >= 4 is 11.9 Å². The van der Waals surface area contributed by atoms with Crippen LogP contribution in [0, 0.1) is 23.7 Å². The van der Waals surface area contributed by atoms with Crippen LogP contribution >= 0.6 is 0 Å². The van der Waals surface area contributed by atoms with E-state index in [4.69, 9.17) is 4.74 Å². The van der Waals surface area contributed by atoms with Crippen LogP contribution in [0.5, 0.6) is 0 Å². The molecule has 1 heterocycles. The summed E-state index contributed by atoms with van der Waals surface area (Å²) in [6.07, 6.45) is 6.43. The number of hydrogen-bond acceptors (Lipinski definition) is 4. The van der Waals surface area contributed by atoms with Crippen LogP contribution < -0.4 is 5.32 Å². The highest BCUT2D eigenvalue weighted by molar-refractivity contribution is 5.96. The van der Waals surface area contributed by atoms with E-state index in [1.165, 1.54) is 42.9 Å². The highest BCUT2D eigenvalue weighted by atomic mass is 16.5. The molecule has 6 heteroatoms. The molecular weight excluding hydrogens is 306 g/mol. The number of nitrogens with one attached hydrogen (secondary N) is 1. The Balaban J connectivity index is 1.47. The van der Waals surface area contributed by atoms with Crippen molar-refractivity contribution < 1.29 is 14.3 Å². The first-order valence-electron chi connectivity index (χ1n) is 9.07. The Morgan fingerprint density at radius 2 is 1.83 bits per heavy atom. The zero-order chi connectivity index (χ0) is 16.8. The highest BCUT2D eigenvalue weighted by Gasteiger charge is 2.48. The topological polar surface area (TPSA) is 73.2 Å². The molecule has 5 rings (SSSR count). The molecule has 1 N–H and O–H groups in total. The van der Waals surface area contributed by atoms with E-state index in [1.54, 1.807) is 14.0 Å². The maximum atomic E-state index is 12.6. The summed E-state index contributed by atoms with van der Waals surface area (Å²) in [4.78, 5) is 24.5. The van der Waals surface area contributed by atoms with Gasteiger partial charge in [-0.3, -0.25) is 9.48 Å². The number of hydrogen-bond donors (Lipinski definition) is 1. The van der Waals surface area contributed by atoms with Gasteiger partial charge in [-0.05, 0) is 62.7 Å². The fraction of sp³-hybridized carbons (Fsp3) is 0.722. The lowest BCUT2D eigenvalue weighted by Crippen LogP contribution is -2.55. The van der Waals surface area contributed by atoms with Crippen molar-refractivity contribution in [1.82, 2.24) is 15.1 Å². The molecule has 4 aliphatic carbocycles. The molecular formula is C18H25N3O3. The van der Waals surface area contributed by atoms with Gasteiger partial charge < -0.3 is 10.1 Å². The van der Waals surface area contributed by atoms with Crippen molar-refractivity contribution in [2.45, 2.75) is 45.1 Å². The summed E-state index contributed by atoms with van der Waals surface area (Å²) in [5, 5.41) is 7.42. The van der Waals surface area contributed by atoms with Crippen molar-refractivity contribution in [3.63, 3.8) is 0 Å². The molecule has 4 saturated carbocycles. The van der Waals surface area contributed by atoms with E-state index in [1.807, 2.05) is 0 Å². The molecule has 0 unspecified atom stereocenters. The van der Waals surface area contributed by atoms with Gasteiger partial charge in [0.05, 0.1) is 6.61 Å². The maximum Gasteiger partial charge on any atom is 0.356 e. The first-order valence-corrected chi connectivity index (χ1v) is 9.07. The van der Waals surface area contributed by atoms with Gasteiger partial charge in [0.2, 0.25) is 0 Å². The Labute approximate surface area is 141 Å². The first kappa shape index (κ1) is 15.7. The van der Waals surface area contributed by atoms with Crippen LogP contribution in [0.2, 0.25) is 0 Å². The molecule has 0 spiro atoms. The molecule has 1 amide bonds. The molecule has 4 aliphatic rings. The fourth-order valence-electron chi connectivity index (χ4n) is 5.36. The van der Waals surface area contributed by atoms with Crippen molar-refractivity contribution in [2.24, 2.45) is 30.7 Å². The Morgan fingerprint density at radius 1 is 1.21 bits per heavy atom. The van der Waals surface area contributed by atoms with Gasteiger partial charge in [-0.25, -0.2) is 4.79 Å². The number of amides is 1. The standard InChI is InChI=1S/C18H25N3O3/c1-3-24-18(23)15-9-14(20-21(15)2)17(22)19-16-12-5-10-4-11(7-12)8-13(16)6-10/h9-13,16H,3-8H2,1-2H3,(H,19,22). The van der Waals surface area contributed by atoms with Crippen LogP contribution in [-0.4, -0.2) is 34.3 Å². The number of ether oxygens (including phenoxy) is 1. The van der Waals surface area contributed by atoms with Gasteiger partial charge in [0.15, 0.2) is 5.69 Å². The second-order valence-electron chi connectivity index (χ2n) is 7.69. The first-order chi connectivity index (χ1) is 11.5. The molecule has 0 aliphatic heterocycles. The highest BCUT2D eigenvalue weighted by Crippen LogP contribution is 2.53. The van der Waals surface area contributed by atoms with E-state index < -0.39 is 5.97 Å². The third kappa shape index (κ3) is 2.62. The molecule has 0 atom stereocenters. The minimum Gasteiger partial charge on any atom is -0.461 e. The lowest BCUT2D eigenvalue weighted by molar-refractivity contribution is -0.0120. The van der Waals surface area contributed by atoms with Crippen LogP contribution in [0.1, 0.15) is 60.0 Å². The smallest absolute Gasteiger partial charge is 0.356 e. The minimum atomic E-state index is -0.443. The quantitative estimate of drug-likeness (QED) is 0.858. The average Bonchev–Trinajstić information content (AvgIpc) is 2.92. The predicted molar refractivity (Wildman–Crippen MR) is 87.5 cm³/mol. The van der Waals surface area contributed by atoms with Crippen molar-refractivity contribution in [3.8, 4) is 0 Å². The minimum absolute atomic E-state index is 0.168. The zero-order valence-electron chi connectivity index (χ0n) is 14.3. The molecule has 4 bridgehead atoms. The van der Waals surface area contributed by atoms with Crippen molar-refractivity contribution in [2.75, 3.05) is 6.61 Å². The van der Waals surface area contributed by atoms with Crippen LogP contribution in [-0.2, 0) is 11.8 Å². The van der Waals surface area contributed by atoms with E-state index in [0.29, 0.717) is 29.8 Å². The summed E-state index contributed by atoms with van der Waals surface area (Å²) in [6, 6.07) is 1.81. The lowest BCUT2D eigenvalue weighted by atomic mass is 9.54. The molecule has 0 aromatic carbocycles. The van der Waals surface area contributed by atoms with Gasteiger partial charge in [-0.2, -0.15) is 5.10 Å². The number of carbonyl (C=O) groups excluding carboxylic acids is 2. The van der Waals surface area contributed by atoms with Crippen molar-refractivity contribution in [1.29, 1.82) is 0 Å². The Bertz CT molecular complexity index is 638. The van der Waals surface area contributed by atoms with Crippen LogP contribution in [0.4, 0.5) is 0 Å². The summed E-state index contributed by atoms with van der Waals surface area (Å²) in [6.45, 7) is 2.06. The van der Waals surface area contributed by atoms with Gasteiger partial charge in [0.1, 0.15) is 5.69 Å². The number of carbonyl (C=O) groups is 2. The number of esters is 1. The second kappa shape index (κ2) is 5.90. The largest absolute Gasteiger partial charge is 0.461 e. The van der Waals surface area contributed by atoms with Gasteiger partial charge in [-0.1, -0.05) is 0 Å². The predicted octanol–water partition coefficient (Wildman–Crippen LogP) is 2.15. The van der Waals surface area contributed by atoms with Gasteiger partial charge in [0, 0.05) is 19.2 Å². The molecule has 4 fully saturated rings. The van der Waals surface area contributed by atoms with Crippen LogP contribution in [0.15, 0.2) is 6.07 Å². The SMILES string of the molecule is CCOC(=O)c1cc(C(=O)NC2C3CC4CC(C3)CC2C4)nn1C. The summed E-state index contributed by atoms with van der Waals surface area (Å²) in [7, 11) is 1.66. The van der Waals surface area contributed by atoms with Crippen LogP contribution in [0.3, 0.4) is 0 Å². The fourth-order valence-corrected chi connectivity index (χ4v) is 5.36. The molecule has 0 radical (unpaired) electrons. The lowest BCUT2D eigenvalue weighted by Gasteiger charge is -2.54. The van der Waals surface area contributed by atoms with Gasteiger partial charge in [0.25, 0.3) is 5.91 Å². The summed E-state index contributed by atoms with van der Waals surface area (Å²) < 4.78 is 6.42. The van der Waals surface area contributed by atoms with E-state index >= 15 is 0 Å². The number of aromatic nitrogens is 2. The van der Waals surface area contributed by atoms with E-state index in [-0.39, 0.29) is 11.9 Å². The molecule has 24 heavy (non-hydrogen) atoms. The second-order valence-corrected chi connectivity index (χ2v) is 7.69. The Hall–Kier alpha value is -1.85. The van der Waals surface area contributed by atoms with Gasteiger partial charge in [-0.15, -0.1) is 0 Å². The summed E-state index contributed by atoms with van der Waals surface area (Å²) >= 11 is 0. The monoisotopic (exact) mass is 331 g/mol. The average molecular weight is 331 g/mol. The molecule has 1 aromatic heterocycles. The molecule has 0 saturated heterocycles. The van der Waals surface area contributed by atoms with E-state index in [9.17, 15) is 9.59 Å². The number of aryl methyl sites for hydroxylation is 1. The van der Waals surface area contributed by atoms with E-state index in [0.717, 1.165) is 11.8 Å². The van der Waals surface area contributed by atoms with Gasteiger partial charge >= 0.3 is 5.97 Å². The molecule has 130 valence electrons. The number of nitrogens with zero attached hydrogens (tertiary/aromatic N) is 2. The summed E-state index contributed by atoms with van der Waals surface area (Å²) in [5.74, 6) is 2.40. The summed E-state index contributed by atoms with van der Waals surface area (Å²) in [5.41, 5.74) is 0.612. The molecule has 6 nitrogen and oxygen atoms in total. The van der Waals surface area contributed by atoms with Crippen molar-refractivity contribution in [3.05, 3.63) is 17.5 Å². The number of rotatable bonds is 4. The van der Waals surface area contributed by atoms with Crippen LogP contribution in [0.25, 0.3) is 0 Å².